The van der Waals surface area contributed by atoms with E-state index in [1.807, 2.05) is 0 Å². The van der Waals surface area contributed by atoms with Gasteiger partial charge in [0.25, 0.3) is 0 Å². The second-order valence-corrected chi connectivity index (χ2v) is 3.25. The molecule has 0 atom stereocenters. The van der Waals surface area contributed by atoms with E-state index in [4.69, 9.17) is 4.42 Å². The van der Waals surface area contributed by atoms with Gasteiger partial charge in [0.2, 0.25) is 0 Å². The molecule has 0 radical (unpaired) electrons. The van der Waals surface area contributed by atoms with Crippen LogP contribution < -0.4 is 0 Å². The zero-order valence-electron chi connectivity index (χ0n) is 7.97. The highest BCUT2D eigenvalue weighted by Gasteiger charge is 2.31. The van der Waals surface area contributed by atoms with Gasteiger partial charge in [-0.05, 0) is 24.3 Å². The van der Waals surface area contributed by atoms with E-state index in [1.165, 1.54) is 12.3 Å². The summed E-state index contributed by atoms with van der Waals surface area (Å²) >= 11 is 0. The summed E-state index contributed by atoms with van der Waals surface area (Å²) in [5, 5.41) is 0. The van der Waals surface area contributed by atoms with Crippen molar-refractivity contribution in [3.05, 3.63) is 41.8 Å². The molecule has 2 aromatic heterocycles. The fourth-order valence-electron chi connectivity index (χ4n) is 1.53. The summed E-state index contributed by atoms with van der Waals surface area (Å²) in [5.74, 6) is -0.832. The van der Waals surface area contributed by atoms with Crippen LogP contribution in [0.1, 0.15) is 20.8 Å². The van der Waals surface area contributed by atoms with E-state index in [1.54, 1.807) is 18.2 Å². The lowest BCUT2D eigenvalue weighted by molar-refractivity contribution is 0.0441. The average Bonchev–Trinajstić information content (AvgIpc) is 2.88. The highest BCUT2D eigenvalue weighted by molar-refractivity contribution is 6.13. The Hall–Kier alpha value is -2.43. The number of carbonyl (C=O) groups excluding carboxylic acids is 2. The molecule has 1 aliphatic rings. The van der Waals surface area contributed by atoms with Crippen molar-refractivity contribution in [3.63, 3.8) is 0 Å². The maximum absolute atomic E-state index is 11.3. The summed E-state index contributed by atoms with van der Waals surface area (Å²) in [6.07, 6.45) is 1.51. The van der Waals surface area contributed by atoms with Crippen LogP contribution >= 0.6 is 0 Å². The topological polar surface area (TPSA) is 69.4 Å². The maximum atomic E-state index is 11.3. The van der Waals surface area contributed by atoms with Crippen molar-refractivity contribution < 1.29 is 18.7 Å². The van der Waals surface area contributed by atoms with Gasteiger partial charge in [0.1, 0.15) is 5.69 Å². The SMILES string of the molecule is O=C1OC(=O)c2nc(-c3ccco3)ccc21. The lowest BCUT2D eigenvalue weighted by Gasteiger charge is -1.96. The average molecular weight is 215 g/mol. The smallest absolute Gasteiger partial charge is 0.365 e. The number of nitrogens with zero attached hydrogens (tertiary/aromatic N) is 1. The molecule has 16 heavy (non-hydrogen) atoms. The lowest BCUT2D eigenvalue weighted by atomic mass is 10.2. The standard InChI is InChI=1S/C11H5NO4/c13-10-6-3-4-7(8-2-1-5-15-8)12-9(6)11(14)16-10/h1-5H. The summed E-state index contributed by atoms with van der Waals surface area (Å²) in [5.41, 5.74) is 0.731. The van der Waals surface area contributed by atoms with E-state index >= 15 is 0 Å². The molecule has 0 aliphatic carbocycles. The van der Waals surface area contributed by atoms with Crippen LogP contribution in [0.5, 0.6) is 0 Å². The molecule has 0 saturated heterocycles. The van der Waals surface area contributed by atoms with Crippen LogP contribution in [0, 0.1) is 0 Å². The third-order valence-corrected chi connectivity index (χ3v) is 2.27. The van der Waals surface area contributed by atoms with Crippen LogP contribution in [0.3, 0.4) is 0 Å². The molecule has 5 heteroatoms. The largest absolute Gasteiger partial charge is 0.463 e. The number of hydrogen-bond donors (Lipinski definition) is 0. The van der Waals surface area contributed by atoms with Crippen LogP contribution in [0.2, 0.25) is 0 Å². The van der Waals surface area contributed by atoms with Crippen LogP contribution in [0.15, 0.2) is 34.9 Å². The number of fused-ring (bicyclic) bond motifs is 1. The Labute approximate surface area is 89.7 Å². The van der Waals surface area contributed by atoms with Gasteiger partial charge in [-0.15, -0.1) is 0 Å². The van der Waals surface area contributed by atoms with Crippen molar-refractivity contribution in [3.8, 4) is 11.5 Å². The van der Waals surface area contributed by atoms with Gasteiger partial charge < -0.3 is 9.15 Å². The molecule has 3 heterocycles. The fourth-order valence-corrected chi connectivity index (χ4v) is 1.53. The fraction of sp³-hybridized carbons (Fsp3) is 0. The molecule has 0 N–H and O–H groups in total. The van der Waals surface area contributed by atoms with Gasteiger partial charge in [0.15, 0.2) is 11.5 Å². The summed E-state index contributed by atoms with van der Waals surface area (Å²) in [6.45, 7) is 0. The van der Waals surface area contributed by atoms with Gasteiger partial charge in [-0.3, -0.25) is 0 Å². The Morgan fingerprint density at radius 3 is 2.69 bits per heavy atom. The van der Waals surface area contributed by atoms with Crippen LogP contribution in [-0.4, -0.2) is 16.9 Å². The van der Waals surface area contributed by atoms with Crippen molar-refractivity contribution in [2.45, 2.75) is 0 Å². The van der Waals surface area contributed by atoms with Crippen LogP contribution in [-0.2, 0) is 4.74 Å². The minimum absolute atomic E-state index is 0.0406. The molecule has 5 nitrogen and oxygen atoms in total. The first-order valence-corrected chi connectivity index (χ1v) is 4.57. The van der Waals surface area contributed by atoms with Gasteiger partial charge in [-0.1, -0.05) is 0 Å². The molecule has 0 bridgehead atoms. The molecule has 0 spiro atoms. The minimum Gasteiger partial charge on any atom is -0.463 e. The first kappa shape index (κ1) is 8.84. The number of pyridine rings is 1. The Morgan fingerprint density at radius 2 is 1.94 bits per heavy atom. The van der Waals surface area contributed by atoms with E-state index < -0.39 is 11.9 Å². The van der Waals surface area contributed by atoms with Crippen molar-refractivity contribution in [2.75, 3.05) is 0 Å². The number of rotatable bonds is 1. The van der Waals surface area contributed by atoms with E-state index in [2.05, 4.69) is 9.72 Å². The normalized spacial score (nSPS) is 13.8. The Morgan fingerprint density at radius 1 is 1.06 bits per heavy atom. The zero-order chi connectivity index (χ0) is 11.1. The molecule has 78 valence electrons. The predicted octanol–water partition coefficient (Wildman–Crippen LogP) is 1.65. The molecule has 0 aromatic carbocycles. The van der Waals surface area contributed by atoms with Gasteiger partial charge in [-0.2, -0.15) is 0 Å². The molecule has 0 saturated carbocycles. The lowest BCUT2D eigenvalue weighted by Crippen LogP contribution is -1.98. The molecule has 0 amide bonds. The summed E-state index contributed by atoms with van der Waals surface area (Å²) in [7, 11) is 0. The second kappa shape index (κ2) is 3.03. The van der Waals surface area contributed by atoms with E-state index in [0.29, 0.717) is 11.5 Å². The van der Waals surface area contributed by atoms with Gasteiger partial charge >= 0.3 is 11.9 Å². The third-order valence-electron chi connectivity index (χ3n) is 2.27. The molecule has 0 unspecified atom stereocenters. The molecule has 1 aliphatic heterocycles. The second-order valence-electron chi connectivity index (χ2n) is 3.25. The quantitative estimate of drug-likeness (QED) is 0.534. The predicted molar refractivity (Wildman–Crippen MR) is 51.7 cm³/mol. The monoisotopic (exact) mass is 215 g/mol. The number of cyclic esters (lactones) is 2. The highest BCUT2D eigenvalue weighted by atomic mass is 16.6. The molecular weight excluding hydrogens is 210 g/mol. The third kappa shape index (κ3) is 1.15. The van der Waals surface area contributed by atoms with Gasteiger partial charge in [0.05, 0.1) is 11.8 Å². The number of ether oxygens (including phenoxy) is 1. The molecular formula is C11H5NO4. The maximum Gasteiger partial charge on any atom is 0.365 e. The number of aromatic nitrogens is 1. The number of esters is 2. The number of hydrogen-bond acceptors (Lipinski definition) is 5. The Balaban J connectivity index is 2.17. The molecule has 2 aromatic rings. The van der Waals surface area contributed by atoms with Crippen molar-refractivity contribution in [1.82, 2.24) is 4.98 Å². The Bertz CT molecular complexity index is 586. The van der Waals surface area contributed by atoms with Crippen LogP contribution in [0.25, 0.3) is 11.5 Å². The van der Waals surface area contributed by atoms with E-state index in [-0.39, 0.29) is 11.3 Å². The van der Waals surface area contributed by atoms with Crippen molar-refractivity contribution >= 4 is 11.9 Å². The summed E-state index contributed by atoms with van der Waals surface area (Å²) in [6, 6.07) is 6.55. The number of carbonyl (C=O) groups is 2. The van der Waals surface area contributed by atoms with Gasteiger partial charge in [-0.25, -0.2) is 14.6 Å². The van der Waals surface area contributed by atoms with Gasteiger partial charge in [0, 0.05) is 0 Å². The molecule has 0 fully saturated rings. The highest BCUT2D eigenvalue weighted by Crippen LogP contribution is 2.23. The van der Waals surface area contributed by atoms with E-state index in [9.17, 15) is 9.59 Å². The Kier molecular flexibility index (Phi) is 1.67. The summed E-state index contributed by atoms with van der Waals surface area (Å²) < 4.78 is 9.57. The zero-order valence-corrected chi connectivity index (χ0v) is 7.97. The van der Waals surface area contributed by atoms with Crippen molar-refractivity contribution in [1.29, 1.82) is 0 Å². The number of furan rings is 1. The summed E-state index contributed by atoms with van der Waals surface area (Å²) in [4.78, 5) is 26.5. The minimum atomic E-state index is -0.714. The van der Waals surface area contributed by atoms with Crippen molar-refractivity contribution in [2.24, 2.45) is 0 Å². The molecule has 3 rings (SSSR count). The van der Waals surface area contributed by atoms with Crippen LogP contribution in [0.4, 0.5) is 0 Å². The van der Waals surface area contributed by atoms with E-state index in [0.717, 1.165) is 0 Å². The first-order chi connectivity index (χ1) is 7.75. The first-order valence-electron chi connectivity index (χ1n) is 4.57.